The second-order valence-corrected chi connectivity index (χ2v) is 4.51. The molecule has 0 saturated heterocycles. The Bertz CT molecular complexity index is 868. The molecule has 0 radical (unpaired) electrons. The van der Waals surface area contributed by atoms with Crippen LogP contribution in [0.3, 0.4) is 0 Å². The summed E-state index contributed by atoms with van der Waals surface area (Å²) in [6, 6.07) is 14.9. The highest BCUT2D eigenvalue weighted by Gasteiger charge is 2.14. The van der Waals surface area contributed by atoms with Crippen LogP contribution in [-0.4, -0.2) is 17.3 Å². The van der Waals surface area contributed by atoms with Gasteiger partial charge in [-0.2, -0.15) is 5.26 Å². The lowest BCUT2D eigenvalue weighted by atomic mass is 10.0. The number of hydrogen-bond acceptors (Lipinski definition) is 5. The first-order valence-corrected chi connectivity index (χ1v) is 6.34. The first-order chi connectivity index (χ1) is 10.2. The molecule has 1 aromatic heterocycles. The van der Waals surface area contributed by atoms with E-state index in [1.807, 2.05) is 24.3 Å². The van der Waals surface area contributed by atoms with E-state index in [1.165, 1.54) is 0 Å². The molecule has 0 aliphatic rings. The van der Waals surface area contributed by atoms with Gasteiger partial charge in [0.05, 0.1) is 18.7 Å². The molecule has 0 bridgehead atoms. The van der Waals surface area contributed by atoms with Gasteiger partial charge in [0.15, 0.2) is 5.82 Å². The summed E-state index contributed by atoms with van der Waals surface area (Å²) >= 11 is 0. The lowest BCUT2D eigenvalue weighted by molar-refractivity contribution is 0.416. The van der Waals surface area contributed by atoms with E-state index in [9.17, 15) is 0 Å². The second-order valence-electron chi connectivity index (χ2n) is 4.51. The number of nitrogens with zero attached hydrogens (tertiary/aromatic N) is 3. The van der Waals surface area contributed by atoms with Crippen LogP contribution in [0.25, 0.3) is 22.0 Å². The van der Waals surface area contributed by atoms with E-state index in [0.29, 0.717) is 22.8 Å². The first kappa shape index (κ1) is 12.9. The van der Waals surface area contributed by atoms with E-state index in [4.69, 9.17) is 15.7 Å². The van der Waals surface area contributed by atoms with Gasteiger partial charge in [0.1, 0.15) is 11.4 Å². The van der Waals surface area contributed by atoms with Crippen molar-refractivity contribution >= 4 is 16.6 Å². The average Bonchev–Trinajstić information content (AvgIpc) is 2.55. The van der Waals surface area contributed by atoms with Gasteiger partial charge in [-0.05, 0) is 18.2 Å². The number of nitrogens with two attached hydrogens (primary N) is 1. The maximum Gasteiger partial charge on any atom is 0.154 e. The summed E-state index contributed by atoms with van der Waals surface area (Å²) in [5.74, 6) is 1.02. The number of fused-ring (bicyclic) bond motifs is 1. The molecule has 0 atom stereocenters. The predicted octanol–water partition coefficient (Wildman–Crippen LogP) is 2.76. The number of hydrogen-bond donors (Lipinski definition) is 1. The Hall–Kier alpha value is -3.13. The Morgan fingerprint density at radius 3 is 2.57 bits per heavy atom. The molecule has 5 heteroatoms. The van der Waals surface area contributed by atoms with Gasteiger partial charge in [-0.25, -0.2) is 0 Å². The van der Waals surface area contributed by atoms with Crippen molar-refractivity contribution in [3.8, 4) is 23.1 Å². The van der Waals surface area contributed by atoms with Gasteiger partial charge in [-0.1, -0.05) is 24.3 Å². The van der Waals surface area contributed by atoms with Gasteiger partial charge in [0.25, 0.3) is 0 Å². The molecule has 0 aliphatic heterocycles. The van der Waals surface area contributed by atoms with E-state index in [1.54, 1.807) is 25.3 Å². The third kappa shape index (κ3) is 2.13. The Balaban J connectivity index is 2.36. The predicted molar refractivity (Wildman–Crippen MR) is 80.7 cm³/mol. The number of benzene rings is 2. The van der Waals surface area contributed by atoms with Crippen molar-refractivity contribution in [2.45, 2.75) is 0 Å². The fraction of sp³-hybridized carbons (Fsp3) is 0.0625. The maximum atomic E-state index is 9.08. The van der Waals surface area contributed by atoms with Gasteiger partial charge in [0, 0.05) is 16.3 Å². The molecule has 0 unspecified atom stereocenters. The van der Waals surface area contributed by atoms with Crippen LogP contribution in [0.2, 0.25) is 0 Å². The molecule has 1 heterocycles. The molecule has 0 amide bonds. The number of ether oxygens (including phenoxy) is 1. The summed E-state index contributed by atoms with van der Waals surface area (Å²) in [6.07, 6.45) is 0. The molecule has 0 aliphatic carbocycles. The molecule has 5 nitrogen and oxygen atoms in total. The van der Waals surface area contributed by atoms with Gasteiger partial charge in [0.2, 0.25) is 0 Å². The molecular weight excluding hydrogens is 264 g/mol. The molecule has 0 saturated carbocycles. The second kappa shape index (κ2) is 5.10. The molecule has 21 heavy (non-hydrogen) atoms. The normalized spacial score (nSPS) is 10.3. The Morgan fingerprint density at radius 1 is 1.10 bits per heavy atom. The fourth-order valence-electron chi connectivity index (χ4n) is 2.29. The van der Waals surface area contributed by atoms with Crippen molar-refractivity contribution in [2.24, 2.45) is 0 Å². The SMILES string of the molecule is COc1ccc(C#N)cc1-c1nnc(N)c2ccccc12. The molecule has 2 N–H and O–H groups in total. The molecule has 102 valence electrons. The van der Waals surface area contributed by atoms with Crippen molar-refractivity contribution in [1.29, 1.82) is 5.26 Å². The smallest absolute Gasteiger partial charge is 0.154 e. The maximum absolute atomic E-state index is 9.08. The van der Waals surface area contributed by atoms with Crippen LogP contribution in [0.4, 0.5) is 5.82 Å². The average molecular weight is 276 g/mol. The highest BCUT2D eigenvalue weighted by atomic mass is 16.5. The monoisotopic (exact) mass is 276 g/mol. The van der Waals surface area contributed by atoms with E-state index in [2.05, 4.69) is 16.3 Å². The molecular formula is C16H12N4O. The largest absolute Gasteiger partial charge is 0.496 e. The minimum absolute atomic E-state index is 0.379. The third-order valence-electron chi connectivity index (χ3n) is 3.30. The fourth-order valence-corrected chi connectivity index (χ4v) is 2.29. The van der Waals surface area contributed by atoms with Gasteiger partial charge in [-0.15, -0.1) is 10.2 Å². The van der Waals surface area contributed by atoms with E-state index in [0.717, 1.165) is 16.3 Å². The van der Waals surface area contributed by atoms with Gasteiger partial charge in [-0.3, -0.25) is 0 Å². The summed E-state index contributed by atoms with van der Waals surface area (Å²) in [4.78, 5) is 0. The van der Waals surface area contributed by atoms with E-state index in [-0.39, 0.29) is 0 Å². The van der Waals surface area contributed by atoms with Crippen LogP contribution in [0.1, 0.15) is 5.56 Å². The minimum Gasteiger partial charge on any atom is -0.496 e. The van der Waals surface area contributed by atoms with Crippen molar-refractivity contribution in [3.05, 3.63) is 48.0 Å². The molecule has 2 aromatic carbocycles. The summed E-state index contributed by atoms with van der Waals surface area (Å²) in [5, 5.41) is 19.0. The third-order valence-corrected chi connectivity index (χ3v) is 3.30. The summed E-state index contributed by atoms with van der Waals surface area (Å²) in [5.41, 5.74) is 7.78. The zero-order valence-corrected chi connectivity index (χ0v) is 11.4. The minimum atomic E-state index is 0.379. The molecule has 0 spiro atoms. The van der Waals surface area contributed by atoms with Crippen molar-refractivity contribution in [1.82, 2.24) is 10.2 Å². The Kier molecular flexibility index (Phi) is 3.13. The van der Waals surface area contributed by atoms with Gasteiger partial charge >= 0.3 is 0 Å². The summed E-state index contributed by atoms with van der Waals surface area (Å²) in [6.45, 7) is 0. The first-order valence-electron chi connectivity index (χ1n) is 6.34. The zero-order valence-electron chi connectivity index (χ0n) is 11.4. The summed E-state index contributed by atoms with van der Waals surface area (Å²) in [7, 11) is 1.58. The standard InChI is InChI=1S/C16H12N4O/c1-21-14-7-6-10(9-17)8-13(14)15-11-4-2-3-5-12(11)16(18)20-19-15/h2-8H,1H3,(H2,18,20). The van der Waals surface area contributed by atoms with Crippen LogP contribution in [0.15, 0.2) is 42.5 Å². The number of rotatable bonds is 2. The summed E-state index contributed by atoms with van der Waals surface area (Å²) < 4.78 is 5.37. The number of methoxy groups -OCH3 is 1. The van der Waals surface area contributed by atoms with Gasteiger partial charge < -0.3 is 10.5 Å². The van der Waals surface area contributed by atoms with Crippen LogP contribution in [-0.2, 0) is 0 Å². The Labute approximate surface area is 121 Å². The number of aromatic nitrogens is 2. The van der Waals surface area contributed by atoms with E-state index < -0.39 is 0 Å². The van der Waals surface area contributed by atoms with Crippen LogP contribution in [0, 0.1) is 11.3 Å². The molecule has 0 fully saturated rings. The zero-order chi connectivity index (χ0) is 14.8. The van der Waals surface area contributed by atoms with Crippen molar-refractivity contribution in [3.63, 3.8) is 0 Å². The highest BCUT2D eigenvalue weighted by molar-refractivity contribution is 6.00. The van der Waals surface area contributed by atoms with Crippen molar-refractivity contribution < 1.29 is 4.74 Å². The van der Waals surface area contributed by atoms with E-state index >= 15 is 0 Å². The lowest BCUT2D eigenvalue weighted by Gasteiger charge is -2.11. The molecule has 3 rings (SSSR count). The van der Waals surface area contributed by atoms with Crippen LogP contribution >= 0.6 is 0 Å². The number of anilines is 1. The number of nitriles is 1. The van der Waals surface area contributed by atoms with Crippen LogP contribution < -0.4 is 10.5 Å². The number of nitrogen functional groups attached to an aromatic ring is 1. The molecule has 3 aromatic rings. The lowest BCUT2D eigenvalue weighted by Crippen LogP contribution is -1.99. The highest BCUT2D eigenvalue weighted by Crippen LogP contribution is 2.34. The topological polar surface area (TPSA) is 84.8 Å². The Morgan fingerprint density at radius 2 is 1.86 bits per heavy atom. The van der Waals surface area contributed by atoms with Crippen LogP contribution in [0.5, 0.6) is 5.75 Å². The van der Waals surface area contributed by atoms with Crippen molar-refractivity contribution in [2.75, 3.05) is 12.8 Å². The quantitative estimate of drug-likeness (QED) is 0.777.